The molecule has 1 aromatic rings. The number of nitrogens with one attached hydrogen (secondary N) is 1. The highest BCUT2D eigenvalue weighted by molar-refractivity contribution is 7.99. The summed E-state index contributed by atoms with van der Waals surface area (Å²) in [6.45, 7) is 3.10. The molecule has 1 aliphatic rings. The molecule has 0 saturated heterocycles. The molecule has 1 N–H and O–H groups in total. The van der Waals surface area contributed by atoms with Gasteiger partial charge in [-0.1, -0.05) is 19.1 Å². The third-order valence-corrected chi connectivity index (χ3v) is 4.99. The van der Waals surface area contributed by atoms with Gasteiger partial charge in [0.25, 0.3) is 0 Å². The summed E-state index contributed by atoms with van der Waals surface area (Å²) in [5.74, 6) is 0.937. The summed E-state index contributed by atoms with van der Waals surface area (Å²) in [4.78, 5) is 11.3. The number of rotatable bonds is 6. The van der Waals surface area contributed by atoms with Gasteiger partial charge < -0.3 is 10.1 Å². The summed E-state index contributed by atoms with van der Waals surface area (Å²) in [5.41, 5.74) is 1.82. The molecule has 0 bridgehead atoms. The van der Waals surface area contributed by atoms with Crippen molar-refractivity contribution in [1.29, 1.82) is 0 Å². The Balaban J connectivity index is 1.78. The van der Waals surface area contributed by atoms with E-state index in [2.05, 4.69) is 24.0 Å². The molecule has 3 nitrogen and oxygen atoms in total. The summed E-state index contributed by atoms with van der Waals surface area (Å²) in [5, 5.41) is 4.45. The molecule has 0 amide bonds. The van der Waals surface area contributed by atoms with Crippen LogP contribution in [0.15, 0.2) is 24.3 Å². The maximum atomic E-state index is 11.3. The Hall–Kier alpha value is -1.00. The summed E-state index contributed by atoms with van der Waals surface area (Å²) >= 11 is 2.08. The maximum absolute atomic E-state index is 11.3. The van der Waals surface area contributed by atoms with Crippen molar-refractivity contribution in [3.8, 4) is 0 Å². The number of hydrogen-bond donors (Lipinski definition) is 1. The fraction of sp³-hybridized carbons (Fsp3) is 0.562. The third kappa shape index (κ3) is 4.25. The fourth-order valence-corrected chi connectivity index (χ4v) is 3.79. The first kappa shape index (κ1) is 15.4. The minimum absolute atomic E-state index is 0.278. The van der Waals surface area contributed by atoms with Gasteiger partial charge in [-0.15, -0.1) is 0 Å². The molecular weight excluding hydrogens is 270 g/mol. The molecule has 20 heavy (non-hydrogen) atoms. The van der Waals surface area contributed by atoms with Crippen molar-refractivity contribution in [2.45, 2.75) is 44.0 Å². The Labute approximate surface area is 125 Å². The average molecular weight is 293 g/mol. The molecule has 2 atom stereocenters. The highest BCUT2D eigenvalue weighted by atomic mass is 32.2. The number of methoxy groups -OCH3 is 1. The molecule has 0 spiro atoms. The van der Waals surface area contributed by atoms with Crippen molar-refractivity contribution in [2.75, 3.05) is 12.9 Å². The van der Waals surface area contributed by atoms with Crippen molar-refractivity contribution in [1.82, 2.24) is 5.32 Å². The van der Waals surface area contributed by atoms with E-state index in [4.69, 9.17) is 4.74 Å². The largest absolute Gasteiger partial charge is 0.465 e. The van der Waals surface area contributed by atoms with Crippen molar-refractivity contribution >= 4 is 17.7 Å². The SMILES string of the molecule is CCSC1CCC(NCc2ccc(C(=O)OC)cc2)C1. The molecule has 110 valence electrons. The van der Waals surface area contributed by atoms with Crippen LogP contribution in [0.1, 0.15) is 42.1 Å². The Morgan fingerprint density at radius 3 is 2.75 bits per heavy atom. The zero-order chi connectivity index (χ0) is 14.4. The highest BCUT2D eigenvalue weighted by Gasteiger charge is 2.23. The lowest BCUT2D eigenvalue weighted by molar-refractivity contribution is 0.0600. The molecule has 1 aliphatic carbocycles. The molecule has 0 radical (unpaired) electrons. The van der Waals surface area contributed by atoms with E-state index in [-0.39, 0.29) is 5.97 Å². The summed E-state index contributed by atoms with van der Waals surface area (Å²) in [6, 6.07) is 8.28. The topological polar surface area (TPSA) is 38.3 Å². The van der Waals surface area contributed by atoms with Crippen LogP contribution in [0.2, 0.25) is 0 Å². The van der Waals surface area contributed by atoms with Crippen LogP contribution in [0.4, 0.5) is 0 Å². The standard InChI is InChI=1S/C16H23NO2S/c1-3-20-15-9-8-14(10-15)17-11-12-4-6-13(7-5-12)16(18)19-2/h4-7,14-15,17H,3,8-11H2,1-2H3. The van der Waals surface area contributed by atoms with Crippen molar-refractivity contribution in [3.05, 3.63) is 35.4 Å². The van der Waals surface area contributed by atoms with Gasteiger partial charge in [-0.3, -0.25) is 0 Å². The van der Waals surface area contributed by atoms with Crippen LogP contribution in [0.3, 0.4) is 0 Å². The van der Waals surface area contributed by atoms with Gasteiger partial charge in [0.2, 0.25) is 0 Å². The van der Waals surface area contributed by atoms with E-state index in [1.807, 2.05) is 24.3 Å². The summed E-state index contributed by atoms with van der Waals surface area (Å²) < 4.78 is 4.70. The quantitative estimate of drug-likeness (QED) is 0.817. The number of ether oxygens (including phenoxy) is 1. The van der Waals surface area contributed by atoms with Gasteiger partial charge in [-0.05, 0) is 42.7 Å². The van der Waals surface area contributed by atoms with E-state index in [0.717, 1.165) is 11.8 Å². The Morgan fingerprint density at radius 2 is 2.10 bits per heavy atom. The van der Waals surface area contributed by atoms with E-state index in [0.29, 0.717) is 11.6 Å². The lowest BCUT2D eigenvalue weighted by Gasteiger charge is -2.13. The number of benzene rings is 1. The second kappa shape index (κ2) is 7.70. The molecule has 2 unspecified atom stereocenters. The first-order valence-corrected chi connectivity index (χ1v) is 8.30. The van der Waals surface area contributed by atoms with Crippen LogP contribution >= 0.6 is 11.8 Å². The van der Waals surface area contributed by atoms with E-state index >= 15 is 0 Å². The Kier molecular flexibility index (Phi) is 5.92. The molecular formula is C16H23NO2S. The highest BCUT2D eigenvalue weighted by Crippen LogP contribution is 2.29. The predicted molar refractivity (Wildman–Crippen MR) is 84.2 cm³/mol. The van der Waals surface area contributed by atoms with Gasteiger partial charge >= 0.3 is 5.97 Å². The van der Waals surface area contributed by atoms with E-state index in [9.17, 15) is 4.79 Å². The first-order valence-electron chi connectivity index (χ1n) is 7.25. The molecule has 0 aliphatic heterocycles. The molecule has 1 saturated carbocycles. The van der Waals surface area contributed by atoms with E-state index in [1.165, 1.54) is 37.7 Å². The van der Waals surface area contributed by atoms with Crippen molar-refractivity contribution < 1.29 is 9.53 Å². The number of hydrogen-bond acceptors (Lipinski definition) is 4. The molecule has 1 fully saturated rings. The molecule has 1 aromatic carbocycles. The number of carbonyl (C=O) groups is 1. The second-order valence-electron chi connectivity index (χ2n) is 5.16. The van der Waals surface area contributed by atoms with Gasteiger partial charge in [0, 0.05) is 17.8 Å². The zero-order valence-corrected chi connectivity index (χ0v) is 13.0. The minimum Gasteiger partial charge on any atom is -0.465 e. The monoisotopic (exact) mass is 293 g/mol. The summed E-state index contributed by atoms with van der Waals surface area (Å²) in [6.07, 6.45) is 3.88. The minimum atomic E-state index is -0.278. The van der Waals surface area contributed by atoms with Crippen LogP contribution in [-0.2, 0) is 11.3 Å². The van der Waals surface area contributed by atoms with Gasteiger partial charge in [0.15, 0.2) is 0 Å². The van der Waals surface area contributed by atoms with Crippen LogP contribution in [0.25, 0.3) is 0 Å². The number of carbonyl (C=O) groups excluding carboxylic acids is 1. The third-order valence-electron chi connectivity index (χ3n) is 3.76. The molecule has 0 heterocycles. The van der Waals surface area contributed by atoms with Crippen LogP contribution in [0.5, 0.6) is 0 Å². The molecule has 4 heteroatoms. The van der Waals surface area contributed by atoms with Gasteiger partial charge in [-0.2, -0.15) is 11.8 Å². The van der Waals surface area contributed by atoms with E-state index < -0.39 is 0 Å². The molecule has 2 rings (SSSR count). The molecule has 0 aromatic heterocycles. The van der Waals surface area contributed by atoms with Gasteiger partial charge in [-0.25, -0.2) is 4.79 Å². The van der Waals surface area contributed by atoms with Gasteiger partial charge in [0.1, 0.15) is 0 Å². The second-order valence-corrected chi connectivity index (χ2v) is 6.73. The van der Waals surface area contributed by atoms with Crippen molar-refractivity contribution in [3.63, 3.8) is 0 Å². The maximum Gasteiger partial charge on any atom is 0.337 e. The van der Waals surface area contributed by atoms with Crippen LogP contribution < -0.4 is 5.32 Å². The lowest BCUT2D eigenvalue weighted by atomic mass is 10.1. The first-order chi connectivity index (χ1) is 9.72. The van der Waals surface area contributed by atoms with Crippen LogP contribution in [0, 0.1) is 0 Å². The van der Waals surface area contributed by atoms with E-state index in [1.54, 1.807) is 0 Å². The normalized spacial score (nSPS) is 21.9. The zero-order valence-electron chi connectivity index (χ0n) is 12.2. The Morgan fingerprint density at radius 1 is 1.35 bits per heavy atom. The number of thioether (sulfide) groups is 1. The van der Waals surface area contributed by atoms with Gasteiger partial charge in [0.05, 0.1) is 12.7 Å². The Bertz CT molecular complexity index is 433. The predicted octanol–water partition coefficient (Wildman–Crippen LogP) is 3.24. The van der Waals surface area contributed by atoms with Crippen molar-refractivity contribution in [2.24, 2.45) is 0 Å². The average Bonchev–Trinajstić information content (AvgIpc) is 2.93. The lowest BCUT2D eigenvalue weighted by Crippen LogP contribution is -2.26. The fourth-order valence-electron chi connectivity index (χ4n) is 2.65. The number of esters is 1. The summed E-state index contributed by atoms with van der Waals surface area (Å²) in [7, 11) is 1.41. The van der Waals surface area contributed by atoms with Crippen LogP contribution in [-0.4, -0.2) is 30.1 Å². The smallest absolute Gasteiger partial charge is 0.337 e.